The second-order valence-corrected chi connectivity index (χ2v) is 7.62. The van der Waals surface area contributed by atoms with E-state index < -0.39 is 37.0 Å². The zero-order chi connectivity index (χ0) is 22.0. The molecule has 0 radical (unpaired) electrons. The Labute approximate surface area is 172 Å². The molecule has 0 heterocycles. The number of hydrogen-bond donors (Lipinski definition) is 3. The lowest BCUT2D eigenvalue weighted by Gasteiger charge is -2.25. The largest absolute Gasteiger partial charge is 0.480 e. The van der Waals surface area contributed by atoms with Crippen molar-refractivity contribution < 1.29 is 39.3 Å². The number of unbranched alkanes of at least 4 members (excludes halogenated alkanes) is 2. The lowest BCUT2D eigenvalue weighted by Crippen LogP contribution is -2.48. The number of thioether (sulfide) groups is 1. The van der Waals surface area contributed by atoms with Crippen LogP contribution in [0.2, 0.25) is 0 Å². The van der Waals surface area contributed by atoms with Gasteiger partial charge >= 0.3 is 17.9 Å². The minimum Gasteiger partial charge on any atom is -0.480 e. The van der Waals surface area contributed by atoms with Gasteiger partial charge in [0.15, 0.2) is 11.6 Å². The Kier molecular flexibility index (Phi) is 10.3. The fourth-order valence-corrected chi connectivity index (χ4v) is 3.89. The summed E-state index contributed by atoms with van der Waals surface area (Å²) in [5.41, 5.74) is 0.709. The summed E-state index contributed by atoms with van der Waals surface area (Å²) in [5.74, 6) is -4.66. The van der Waals surface area contributed by atoms with Gasteiger partial charge in [0.25, 0.3) is 0 Å². The Bertz CT molecular complexity index is 712. The van der Waals surface area contributed by atoms with Crippen LogP contribution in [0.5, 0.6) is 0 Å². The van der Waals surface area contributed by atoms with Gasteiger partial charge in [-0.2, -0.15) is 11.8 Å². The average Bonchev–Trinajstić information content (AvgIpc) is 2.60. The molecular weight excluding hydrogens is 402 g/mol. The summed E-state index contributed by atoms with van der Waals surface area (Å²) in [6.07, 6.45) is 5.91. The molecule has 0 saturated heterocycles. The normalized spacial score (nSPS) is 15.1. The van der Waals surface area contributed by atoms with Gasteiger partial charge in [-0.05, 0) is 25.0 Å². The van der Waals surface area contributed by atoms with E-state index in [4.69, 9.17) is 10.2 Å². The van der Waals surface area contributed by atoms with Crippen LogP contribution in [-0.2, 0) is 24.0 Å². The van der Waals surface area contributed by atoms with Gasteiger partial charge in [0.1, 0.15) is 6.04 Å². The van der Waals surface area contributed by atoms with Crippen molar-refractivity contribution in [2.75, 3.05) is 24.6 Å². The number of nitrogens with zero attached hydrogens (tertiary/aromatic N) is 1. The highest BCUT2D eigenvalue weighted by atomic mass is 32.2. The van der Waals surface area contributed by atoms with Gasteiger partial charge in [-0.25, -0.2) is 0 Å². The Hall–Kier alpha value is -2.46. The standard InChI is InChI=1S/C19H25NO8S/c1-2-3-4-5-12-6-16(22)13(7-15(12)21)10-29-11-14(19(27)28)20(8-17(23)24)9-18(25)26/h6-7,14H,2-5,8-11H2,1H3,(H,23,24)(H,25,26)(H,27,28). The van der Waals surface area contributed by atoms with Crippen molar-refractivity contribution >= 4 is 41.2 Å². The van der Waals surface area contributed by atoms with Gasteiger partial charge in [-0.3, -0.25) is 28.9 Å². The number of carboxylic acid groups (broad SMARTS) is 3. The maximum absolute atomic E-state index is 12.2. The lowest BCUT2D eigenvalue weighted by molar-refractivity contribution is -0.148. The SMILES string of the molecule is CCCCCC1=CC(=O)C(CSCC(C(=O)O)N(CC(=O)O)CC(=O)O)=CC1=O. The number of rotatable bonds is 14. The fourth-order valence-electron chi connectivity index (χ4n) is 2.75. The predicted octanol–water partition coefficient (Wildman–Crippen LogP) is 1.23. The number of carboxylic acids is 3. The van der Waals surface area contributed by atoms with Crippen LogP contribution in [0, 0.1) is 0 Å². The molecular formula is C19H25NO8S. The van der Waals surface area contributed by atoms with Gasteiger partial charge in [-0.1, -0.05) is 19.8 Å². The molecule has 0 aromatic carbocycles. The van der Waals surface area contributed by atoms with E-state index in [1.165, 1.54) is 12.2 Å². The number of carbonyl (C=O) groups is 5. The van der Waals surface area contributed by atoms with Crippen LogP contribution in [-0.4, -0.2) is 80.3 Å². The number of carbonyl (C=O) groups excluding carboxylic acids is 2. The van der Waals surface area contributed by atoms with Crippen molar-refractivity contribution in [1.82, 2.24) is 4.90 Å². The van der Waals surface area contributed by atoms with E-state index in [9.17, 15) is 29.1 Å². The molecule has 1 rings (SSSR count). The summed E-state index contributed by atoms with van der Waals surface area (Å²) >= 11 is 1.03. The average molecular weight is 427 g/mol. The molecule has 0 fully saturated rings. The van der Waals surface area contributed by atoms with Crippen molar-refractivity contribution in [2.45, 2.75) is 38.6 Å². The smallest absolute Gasteiger partial charge is 0.321 e. The van der Waals surface area contributed by atoms with Crippen molar-refractivity contribution in [3.8, 4) is 0 Å². The highest BCUT2D eigenvalue weighted by molar-refractivity contribution is 7.99. The maximum Gasteiger partial charge on any atom is 0.321 e. The number of allylic oxidation sites excluding steroid dienone is 3. The van der Waals surface area contributed by atoms with Crippen LogP contribution < -0.4 is 0 Å². The monoisotopic (exact) mass is 427 g/mol. The van der Waals surface area contributed by atoms with Crippen LogP contribution in [0.15, 0.2) is 23.3 Å². The topological polar surface area (TPSA) is 149 Å². The number of ketones is 2. The van der Waals surface area contributed by atoms with Crippen LogP contribution in [0.25, 0.3) is 0 Å². The van der Waals surface area contributed by atoms with Crippen molar-refractivity contribution in [3.63, 3.8) is 0 Å². The first-order valence-electron chi connectivity index (χ1n) is 9.13. The highest BCUT2D eigenvalue weighted by Gasteiger charge is 2.29. The lowest BCUT2D eigenvalue weighted by atomic mass is 9.94. The molecule has 1 aliphatic rings. The summed E-state index contributed by atoms with van der Waals surface area (Å²) in [6, 6.07) is -1.36. The first-order chi connectivity index (χ1) is 13.6. The molecule has 0 saturated carbocycles. The van der Waals surface area contributed by atoms with Crippen molar-refractivity contribution in [3.05, 3.63) is 23.3 Å². The van der Waals surface area contributed by atoms with Gasteiger partial charge in [0.05, 0.1) is 13.1 Å². The zero-order valence-corrected chi connectivity index (χ0v) is 16.9. The summed E-state index contributed by atoms with van der Waals surface area (Å²) in [5, 5.41) is 27.1. The summed E-state index contributed by atoms with van der Waals surface area (Å²) in [4.78, 5) is 58.5. The van der Waals surface area contributed by atoms with E-state index in [0.29, 0.717) is 12.0 Å². The first kappa shape index (κ1) is 24.6. The molecule has 9 nitrogen and oxygen atoms in total. The molecule has 0 bridgehead atoms. The molecule has 10 heteroatoms. The Morgan fingerprint density at radius 3 is 2.03 bits per heavy atom. The molecule has 160 valence electrons. The quantitative estimate of drug-likeness (QED) is 0.273. The summed E-state index contributed by atoms with van der Waals surface area (Å²) < 4.78 is 0. The third kappa shape index (κ3) is 8.61. The van der Waals surface area contributed by atoms with Gasteiger partial charge in [0, 0.05) is 22.7 Å². The van der Waals surface area contributed by atoms with E-state index in [-0.39, 0.29) is 28.6 Å². The number of aliphatic carboxylic acids is 3. The molecule has 1 atom stereocenters. The second kappa shape index (κ2) is 12.2. The highest BCUT2D eigenvalue weighted by Crippen LogP contribution is 2.21. The van der Waals surface area contributed by atoms with E-state index in [1.54, 1.807) is 0 Å². The van der Waals surface area contributed by atoms with Gasteiger partial charge in [0.2, 0.25) is 0 Å². The van der Waals surface area contributed by atoms with Crippen molar-refractivity contribution in [2.24, 2.45) is 0 Å². The third-order valence-corrected chi connectivity index (χ3v) is 5.30. The van der Waals surface area contributed by atoms with Crippen LogP contribution >= 0.6 is 11.8 Å². The molecule has 3 N–H and O–H groups in total. The van der Waals surface area contributed by atoms with E-state index in [2.05, 4.69) is 0 Å². The Balaban J connectivity index is 2.71. The predicted molar refractivity (Wildman–Crippen MR) is 106 cm³/mol. The Morgan fingerprint density at radius 2 is 1.52 bits per heavy atom. The maximum atomic E-state index is 12.2. The number of hydrogen-bond acceptors (Lipinski definition) is 7. The van der Waals surface area contributed by atoms with Crippen LogP contribution in [0.1, 0.15) is 32.6 Å². The molecule has 0 aromatic heterocycles. The summed E-state index contributed by atoms with van der Waals surface area (Å²) in [7, 11) is 0. The second-order valence-electron chi connectivity index (χ2n) is 6.59. The molecule has 0 aromatic rings. The minimum absolute atomic E-state index is 0.0705. The first-order valence-corrected chi connectivity index (χ1v) is 10.3. The Morgan fingerprint density at radius 1 is 0.966 bits per heavy atom. The minimum atomic E-state index is -1.36. The molecule has 0 aliphatic heterocycles. The summed E-state index contributed by atoms with van der Waals surface area (Å²) in [6.45, 7) is 0.553. The van der Waals surface area contributed by atoms with E-state index in [1.807, 2.05) is 6.92 Å². The van der Waals surface area contributed by atoms with Crippen molar-refractivity contribution in [1.29, 1.82) is 0 Å². The van der Waals surface area contributed by atoms with Gasteiger partial charge in [-0.15, -0.1) is 0 Å². The molecule has 0 spiro atoms. The van der Waals surface area contributed by atoms with E-state index in [0.717, 1.165) is 35.9 Å². The molecule has 29 heavy (non-hydrogen) atoms. The van der Waals surface area contributed by atoms with Crippen LogP contribution in [0.4, 0.5) is 0 Å². The zero-order valence-electron chi connectivity index (χ0n) is 16.1. The fraction of sp³-hybridized carbons (Fsp3) is 0.526. The third-order valence-electron chi connectivity index (χ3n) is 4.23. The van der Waals surface area contributed by atoms with Gasteiger partial charge < -0.3 is 15.3 Å². The molecule has 1 unspecified atom stereocenters. The van der Waals surface area contributed by atoms with E-state index >= 15 is 0 Å². The molecule has 1 aliphatic carbocycles. The molecule has 0 amide bonds. The van der Waals surface area contributed by atoms with Crippen LogP contribution in [0.3, 0.4) is 0 Å².